The number of nitrogens with zero attached hydrogens (tertiary/aromatic N) is 3. The zero-order chi connectivity index (χ0) is 19.9. The van der Waals surface area contributed by atoms with Crippen LogP contribution in [0.25, 0.3) is 17.1 Å². The second-order valence-corrected chi connectivity index (χ2v) is 6.14. The number of para-hydroxylation sites is 1. The van der Waals surface area contributed by atoms with Crippen LogP contribution in [0.4, 0.5) is 18.9 Å². The van der Waals surface area contributed by atoms with E-state index in [2.05, 4.69) is 15.4 Å². The summed E-state index contributed by atoms with van der Waals surface area (Å²) in [7, 11) is 0. The highest BCUT2D eigenvalue weighted by atomic mass is 35.5. The first-order chi connectivity index (χ1) is 13.3. The first-order valence-electron chi connectivity index (χ1n) is 7.90. The molecule has 4 rings (SSSR count). The van der Waals surface area contributed by atoms with Crippen molar-refractivity contribution in [2.45, 2.75) is 6.18 Å². The maximum atomic E-state index is 13.5. The van der Waals surface area contributed by atoms with Gasteiger partial charge in [0.1, 0.15) is 11.3 Å². The van der Waals surface area contributed by atoms with Gasteiger partial charge < -0.3 is 9.73 Å². The Morgan fingerprint density at radius 1 is 1.18 bits per heavy atom. The number of alkyl halides is 3. The Morgan fingerprint density at radius 3 is 2.64 bits per heavy atom. The fourth-order valence-corrected chi connectivity index (χ4v) is 2.81. The maximum Gasteiger partial charge on any atom is 0.433 e. The van der Waals surface area contributed by atoms with Crippen molar-refractivity contribution in [3.8, 4) is 11.5 Å². The molecule has 0 atom stereocenters. The summed E-state index contributed by atoms with van der Waals surface area (Å²) >= 11 is 6.01. The van der Waals surface area contributed by atoms with Crippen LogP contribution in [0, 0.1) is 0 Å². The van der Waals surface area contributed by atoms with Gasteiger partial charge in [0.2, 0.25) is 0 Å². The molecule has 0 aliphatic heterocycles. The average Bonchev–Trinajstić information content (AvgIpc) is 3.31. The number of hydrogen-bond donors (Lipinski definition) is 1. The van der Waals surface area contributed by atoms with E-state index in [-0.39, 0.29) is 27.7 Å². The minimum atomic E-state index is -4.72. The number of amides is 1. The topological polar surface area (TPSA) is 72.4 Å². The Bertz CT molecular complexity index is 1170. The van der Waals surface area contributed by atoms with Crippen LogP contribution in [0.1, 0.15) is 16.1 Å². The first kappa shape index (κ1) is 18.1. The van der Waals surface area contributed by atoms with E-state index < -0.39 is 17.8 Å². The van der Waals surface area contributed by atoms with Crippen molar-refractivity contribution in [2.24, 2.45) is 0 Å². The lowest BCUT2D eigenvalue weighted by Crippen LogP contribution is -2.16. The Hall–Kier alpha value is -3.33. The molecule has 4 aromatic rings. The number of furan rings is 1. The minimum absolute atomic E-state index is 0.0721. The summed E-state index contributed by atoms with van der Waals surface area (Å²) in [6, 6.07) is 10.3. The van der Waals surface area contributed by atoms with Gasteiger partial charge in [0.05, 0.1) is 23.2 Å². The van der Waals surface area contributed by atoms with E-state index in [4.69, 9.17) is 16.0 Å². The largest absolute Gasteiger partial charge is 0.463 e. The third kappa shape index (κ3) is 3.20. The van der Waals surface area contributed by atoms with E-state index in [0.29, 0.717) is 10.2 Å². The van der Waals surface area contributed by atoms with Gasteiger partial charge in [0, 0.05) is 0 Å². The maximum absolute atomic E-state index is 13.5. The van der Waals surface area contributed by atoms with Gasteiger partial charge in [-0.2, -0.15) is 18.3 Å². The molecule has 10 heteroatoms. The molecule has 3 heterocycles. The molecular formula is C18H10ClF3N4O2. The number of carbonyl (C=O) groups excluding carboxylic acids is 1. The number of nitrogens with one attached hydrogen (secondary N) is 1. The molecule has 1 N–H and O–H groups in total. The predicted octanol–water partition coefficient (Wildman–Crippen LogP) is 4.91. The predicted molar refractivity (Wildman–Crippen MR) is 95.1 cm³/mol. The minimum Gasteiger partial charge on any atom is -0.463 e. The number of anilines is 1. The van der Waals surface area contributed by atoms with E-state index in [1.54, 1.807) is 24.3 Å². The Morgan fingerprint density at radius 2 is 1.96 bits per heavy atom. The van der Waals surface area contributed by atoms with Crippen LogP contribution < -0.4 is 5.32 Å². The lowest BCUT2D eigenvalue weighted by Gasteiger charge is -2.11. The van der Waals surface area contributed by atoms with E-state index in [0.717, 1.165) is 12.3 Å². The van der Waals surface area contributed by atoms with Crippen molar-refractivity contribution in [3.63, 3.8) is 0 Å². The van der Waals surface area contributed by atoms with Gasteiger partial charge in [-0.25, -0.2) is 9.50 Å². The van der Waals surface area contributed by atoms with Gasteiger partial charge in [0.25, 0.3) is 5.91 Å². The molecule has 0 aliphatic rings. The first-order valence-corrected chi connectivity index (χ1v) is 8.28. The second-order valence-electron chi connectivity index (χ2n) is 5.73. The molecule has 3 aromatic heterocycles. The molecule has 0 aliphatic carbocycles. The van der Waals surface area contributed by atoms with Gasteiger partial charge in [-0.05, 0) is 30.3 Å². The molecule has 0 saturated heterocycles. The molecule has 0 spiro atoms. The van der Waals surface area contributed by atoms with Crippen molar-refractivity contribution >= 4 is 28.8 Å². The lowest BCUT2D eigenvalue weighted by molar-refractivity contribution is -0.142. The van der Waals surface area contributed by atoms with Crippen molar-refractivity contribution < 1.29 is 22.4 Å². The highest BCUT2D eigenvalue weighted by molar-refractivity contribution is 6.34. The number of rotatable bonds is 3. The third-order valence-corrected chi connectivity index (χ3v) is 4.23. The molecule has 0 saturated carbocycles. The van der Waals surface area contributed by atoms with Crippen molar-refractivity contribution in [1.29, 1.82) is 0 Å². The highest BCUT2D eigenvalue weighted by Gasteiger charge is 2.36. The van der Waals surface area contributed by atoms with Crippen molar-refractivity contribution in [1.82, 2.24) is 14.6 Å². The van der Waals surface area contributed by atoms with Crippen LogP contribution in [0.3, 0.4) is 0 Å². The summed E-state index contributed by atoms with van der Waals surface area (Å²) < 4.78 is 46.3. The Labute approximate surface area is 160 Å². The molecule has 1 aromatic carbocycles. The number of fused-ring (bicyclic) bond motifs is 1. The van der Waals surface area contributed by atoms with Gasteiger partial charge in [-0.3, -0.25) is 4.79 Å². The quantitative estimate of drug-likeness (QED) is 0.524. The van der Waals surface area contributed by atoms with Crippen LogP contribution in [0.5, 0.6) is 0 Å². The zero-order valence-electron chi connectivity index (χ0n) is 13.9. The molecule has 6 nitrogen and oxygen atoms in total. The fraction of sp³-hybridized carbons (Fsp3) is 0.0556. The second kappa shape index (κ2) is 6.68. The fourth-order valence-electron chi connectivity index (χ4n) is 2.63. The monoisotopic (exact) mass is 406 g/mol. The number of carbonyl (C=O) groups is 1. The molecule has 142 valence electrons. The summed E-state index contributed by atoms with van der Waals surface area (Å²) in [4.78, 5) is 16.8. The molecule has 0 unspecified atom stereocenters. The van der Waals surface area contributed by atoms with Crippen molar-refractivity contribution in [3.05, 3.63) is 71.2 Å². The lowest BCUT2D eigenvalue weighted by atomic mass is 10.2. The Kier molecular flexibility index (Phi) is 4.31. The third-order valence-electron chi connectivity index (χ3n) is 3.90. The number of benzene rings is 1. The van der Waals surface area contributed by atoms with Crippen molar-refractivity contribution in [2.75, 3.05) is 5.32 Å². The summed E-state index contributed by atoms with van der Waals surface area (Å²) in [6.45, 7) is 0. The molecular weight excluding hydrogens is 397 g/mol. The average molecular weight is 407 g/mol. The van der Waals surface area contributed by atoms with E-state index in [1.807, 2.05) is 0 Å². The van der Waals surface area contributed by atoms with Crippen LogP contribution in [-0.2, 0) is 6.18 Å². The molecule has 28 heavy (non-hydrogen) atoms. The van der Waals surface area contributed by atoms with Crippen LogP contribution >= 0.6 is 11.6 Å². The molecule has 0 bridgehead atoms. The highest BCUT2D eigenvalue weighted by Crippen LogP contribution is 2.33. The van der Waals surface area contributed by atoms with Gasteiger partial charge in [-0.15, -0.1) is 0 Å². The van der Waals surface area contributed by atoms with E-state index in [9.17, 15) is 18.0 Å². The summed E-state index contributed by atoms with van der Waals surface area (Å²) in [5.74, 6) is -0.563. The molecule has 1 amide bonds. The number of halogens is 4. The summed E-state index contributed by atoms with van der Waals surface area (Å²) in [6.07, 6.45) is -2.38. The SMILES string of the molecule is O=C(Nc1ccccc1Cl)c1cnn2c(C(F)(F)F)cc(-c3ccco3)nc12. The van der Waals surface area contributed by atoms with Gasteiger partial charge >= 0.3 is 6.18 Å². The number of hydrogen-bond acceptors (Lipinski definition) is 4. The van der Waals surface area contributed by atoms with Gasteiger partial charge in [0.15, 0.2) is 17.1 Å². The number of aromatic nitrogens is 3. The zero-order valence-corrected chi connectivity index (χ0v) is 14.6. The molecule has 0 fully saturated rings. The van der Waals surface area contributed by atoms with Crippen LogP contribution in [0.15, 0.2) is 59.3 Å². The van der Waals surface area contributed by atoms with Crippen LogP contribution in [-0.4, -0.2) is 20.5 Å². The smallest absolute Gasteiger partial charge is 0.433 e. The van der Waals surface area contributed by atoms with E-state index in [1.165, 1.54) is 18.4 Å². The Balaban J connectivity index is 1.85. The standard InChI is InChI=1S/C18H10ClF3N4O2/c19-11-4-1-2-5-12(11)25-17(27)10-9-23-26-15(18(20,21)22)8-13(24-16(10)26)14-6-3-7-28-14/h1-9H,(H,25,27). The summed E-state index contributed by atoms with van der Waals surface area (Å²) in [5.41, 5.74) is -1.24. The van der Waals surface area contributed by atoms with Crippen LogP contribution in [0.2, 0.25) is 5.02 Å². The summed E-state index contributed by atoms with van der Waals surface area (Å²) in [5, 5.41) is 6.54. The molecule has 0 radical (unpaired) electrons. The van der Waals surface area contributed by atoms with E-state index >= 15 is 0 Å². The normalized spacial score (nSPS) is 11.7. The van der Waals surface area contributed by atoms with Gasteiger partial charge in [-0.1, -0.05) is 23.7 Å².